The minimum Gasteiger partial charge on any atom is -0.494 e. The first-order valence-electron chi connectivity index (χ1n) is 5.59. The van der Waals surface area contributed by atoms with Crippen LogP contribution in [0.1, 0.15) is 12.6 Å². The van der Waals surface area contributed by atoms with Gasteiger partial charge in [0.1, 0.15) is 23.3 Å². The van der Waals surface area contributed by atoms with Gasteiger partial charge in [0, 0.05) is 12.1 Å². The molecule has 0 atom stereocenters. The molecule has 18 heavy (non-hydrogen) atoms. The molecule has 2 rings (SSSR count). The highest BCUT2D eigenvalue weighted by molar-refractivity contribution is 5.36. The summed E-state index contributed by atoms with van der Waals surface area (Å²) in [6, 6.07) is 14.3. The number of benzene rings is 1. The molecule has 4 heteroatoms. The van der Waals surface area contributed by atoms with Crippen LogP contribution in [0.3, 0.4) is 0 Å². The van der Waals surface area contributed by atoms with Crippen LogP contribution in [0.2, 0.25) is 0 Å². The Hall–Kier alpha value is -2.54. The number of nitriles is 1. The molecule has 90 valence electrons. The lowest BCUT2D eigenvalue weighted by Crippen LogP contribution is -1.93. The first-order valence-corrected chi connectivity index (χ1v) is 5.59. The monoisotopic (exact) mass is 240 g/mol. The molecule has 0 radical (unpaired) electrons. The van der Waals surface area contributed by atoms with Crippen LogP contribution in [-0.4, -0.2) is 11.6 Å². The highest BCUT2D eigenvalue weighted by atomic mass is 16.5. The molecule has 0 aliphatic carbocycles. The summed E-state index contributed by atoms with van der Waals surface area (Å²) in [6.07, 6.45) is 0. The van der Waals surface area contributed by atoms with Crippen molar-refractivity contribution in [2.45, 2.75) is 6.92 Å². The van der Waals surface area contributed by atoms with Crippen LogP contribution in [-0.2, 0) is 0 Å². The molecule has 1 aromatic heterocycles. The van der Waals surface area contributed by atoms with Gasteiger partial charge in [0.2, 0.25) is 5.88 Å². The van der Waals surface area contributed by atoms with Crippen LogP contribution < -0.4 is 9.47 Å². The molecule has 0 saturated heterocycles. The van der Waals surface area contributed by atoms with Gasteiger partial charge in [-0.2, -0.15) is 5.26 Å². The molecule has 1 heterocycles. The molecule has 0 amide bonds. The summed E-state index contributed by atoms with van der Waals surface area (Å²) < 4.78 is 10.9. The summed E-state index contributed by atoms with van der Waals surface area (Å²) >= 11 is 0. The normalized spacial score (nSPS) is 9.56. The van der Waals surface area contributed by atoms with Crippen LogP contribution in [0.15, 0.2) is 42.5 Å². The molecule has 0 N–H and O–H groups in total. The van der Waals surface area contributed by atoms with Gasteiger partial charge in [0.05, 0.1) is 6.61 Å². The van der Waals surface area contributed by atoms with Crippen molar-refractivity contribution in [2.24, 2.45) is 0 Å². The molecule has 2 aromatic rings. The molecule has 0 unspecified atom stereocenters. The van der Waals surface area contributed by atoms with Crippen LogP contribution in [0.25, 0.3) is 0 Å². The van der Waals surface area contributed by atoms with Gasteiger partial charge < -0.3 is 9.47 Å². The fraction of sp³-hybridized carbons (Fsp3) is 0.143. The topological polar surface area (TPSA) is 55.1 Å². The first kappa shape index (κ1) is 11.9. The third-order valence-electron chi connectivity index (χ3n) is 2.18. The third-order valence-corrected chi connectivity index (χ3v) is 2.18. The van der Waals surface area contributed by atoms with Crippen molar-refractivity contribution in [3.05, 3.63) is 48.2 Å². The van der Waals surface area contributed by atoms with Gasteiger partial charge >= 0.3 is 0 Å². The van der Waals surface area contributed by atoms with Crippen molar-refractivity contribution < 1.29 is 9.47 Å². The van der Waals surface area contributed by atoms with Gasteiger partial charge in [0.25, 0.3) is 0 Å². The fourth-order valence-corrected chi connectivity index (χ4v) is 1.45. The van der Waals surface area contributed by atoms with E-state index in [1.54, 1.807) is 24.3 Å². The lowest BCUT2D eigenvalue weighted by Gasteiger charge is -2.07. The van der Waals surface area contributed by atoms with Gasteiger partial charge in [-0.3, -0.25) is 0 Å². The van der Waals surface area contributed by atoms with Crippen molar-refractivity contribution >= 4 is 0 Å². The molecule has 0 aliphatic rings. The summed E-state index contributed by atoms with van der Waals surface area (Å²) in [5.74, 6) is 1.76. The summed E-state index contributed by atoms with van der Waals surface area (Å²) in [7, 11) is 0. The Balaban J connectivity index is 2.18. The molecular formula is C14H12N2O2. The Bertz CT molecular complexity index is 576. The van der Waals surface area contributed by atoms with E-state index in [1.165, 1.54) is 0 Å². The maximum atomic E-state index is 8.75. The first-order chi connectivity index (χ1) is 8.81. The Labute approximate surface area is 105 Å². The fourth-order valence-electron chi connectivity index (χ4n) is 1.45. The van der Waals surface area contributed by atoms with Crippen LogP contribution in [0, 0.1) is 11.3 Å². The van der Waals surface area contributed by atoms with Gasteiger partial charge in [-0.15, -0.1) is 0 Å². The van der Waals surface area contributed by atoms with Crippen molar-refractivity contribution in [2.75, 3.05) is 6.61 Å². The van der Waals surface area contributed by atoms with Gasteiger partial charge in [-0.25, -0.2) is 4.98 Å². The average Bonchev–Trinajstić information content (AvgIpc) is 2.40. The highest BCUT2D eigenvalue weighted by Gasteiger charge is 2.01. The predicted octanol–water partition coefficient (Wildman–Crippen LogP) is 3.14. The lowest BCUT2D eigenvalue weighted by atomic mass is 10.3. The Morgan fingerprint density at radius 3 is 2.72 bits per heavy atom. The molecular weight excluding hydrogens is 228 g/mol. The van der Waals surface area contributed by atoms with E-state index in [-0.39, 0.29) is 0 Å². The van der Waals surface area contributed by atoms with E-state index in [4.69, 9.17) is 14.7 Å². The van der Waals surface area contributed by atoms with E-state index in [9.17, 15) is 0 Å². The molecule has 0 spiro atoms. The number of aromatic nitrogens is 1. The summed E-state index contributed by atoms with van der Waals surface area (Å²) in [5, 5.41) is 8.75. The van der Waals surface area contributed by atoms with Crippen molar-refractivity contribution in [3.8, 4) is 23.4 Å². The Morgan fingerprint density at radius 2 is 1.94 bits per heavy atom. The lowest BCUT2D eigenvalue weighted by molar-refractivity contribution is 0.338. The predicted molar refractivity (Wildman–Crippen MR) is 66.6 cm³/mol. The summed E-state index contributed by atoms with van der Waals surface area (Å²) in [5.41, 5.74) is 0.327. The zero-order valence-corrected chi connectivity index (χ0v) is 9.96. The second-order valence-electron chi connectivity index (χ2n) is 3.48. The Morgan fingerprint density at radius 1 is 1.17 bits per heavy atom. The molecule has 0 bridgehead atoms. The summed E-state index contributed by atoms with van der Waals surface area (Å²) in [4.78, 5) is 4.04. The third kappa shape index (κ3) is 2.98. The number of pyridine rings is 1. The average molecular weight is 240 g/mol. The molecule has 4 nitrogen and oxygen atoms in total. The quantitative estimate of drug-likeness (QED) is 0.823. The summed E-state index contributed by atoms with van der Waals surface area (Å²) in [6.45, 7) is 2.52. The minimum atomic E-state index is 0.327. The van der Waals surface area contributed by atoms with Crippen LogP contribution >= 0.6 is 0 Å². The maximum Gasteiger partial charge on any atom is 0.220 e. The SMILES string of the molecule is CCOc1cccc(Oc2cccc(C#N)n2)c1. The number of nitrogens with zero attached hydrogens (tertiary/aromatic N) is 2. The van der Waals surface area contributed by atoms with E-state index in [0.717, 1.165) is 5.75 Å². The standard InChI is InChI=1S/C14H12N2O2/c1-2-17-12-6-4-7-13(9-12)18-14-8-3-5-11(10-15)16-14/h3-9H,2H2,1H3. The van der Waals surface area contributed by atoms with Crippen molar-refractivity contribution in [1.82, 2.24) is 4.98 Å². The second-order valence-corrected chi connectivity index (χ2v) is 3.48. The highest BCUT2D eigenvalue weighted by Crippen LogP contribution is 2.24. The van der Waals surface area contributed by atoms with Crippen molar-refractivity contribution in [1.29, 1.82) is 5.26 Å². The molecule has 0 saturated carbocycles. The van der Waals surface area contributed by atoms with E-state index >= 15 is 0 Å². The van der Waals surface area contributed by atoms with Gasteiger partial charge in [-0.1, -0.05) is 12.1 Å². The zero-order valence-electron chi connectivity index (χ0n) is 9.96. The second kappa shape index (κ2) is 5.69. The molecule has 0 aliphatic heterocycles. The van der Waals surface area contributed by atoms with E-state index in [0.29, 0.717) is 23.9 Å². The van der Waals surface area contributed by atoms with E-state index < -0.39 is 0 Å². The zero-order chi connectivity index (χ0) is 12.8. The van der Waals surface area contributed by atoms with Crippen molar-refractivity contribution in [3.63, 3.8) is 0 Å². The largest absolute Gasteiger partial charge is 0.494 e. The Kier molecular flexibility index (Phi) is 3.77. The number of hydrogen-bond donors (Lipinski definition) is 0. The number of rotatable bonds is 4. The number of ether oxygens (including phenoxy) is 2. The van der Waals surface area contributed by atoms with Gasteiger partial charge in [0.15, 0.2) is 0 Å². The van der Waals surface area contributed by atoms with E-state index in [1.807, 2.05) is 31.2 Å². The van der Waals surface area contributed by atoms with Crippen LogP contribution in [0.5, 0.6) is 17.4 Å². The van der Waals surface area contributed by atoms with Gasteiger partial charge in [-0.05, 0) is 25.1 Å². The minimum absolute atomic E-state index is 0.327. The smallest absolute Gasteiger partial charge is 0.220 e. The van der Waals surface area contributed by atoms with E-state index in [2.05, 4.69) is 4.98 Å². The van der Waals surface area contributed by atoms with Crippen LogP contribution in [0.4, 0.5) is 0 Å². The maximum absolute atomic E-state index is 8.75. The molecule has 0 fully saturated rings. The number of hydrogen-bond acceptors (Lipinski definition) is 4. The molecule has 1 aromatic carbocycles.